The normalized spacial score (nSPS) is 37.9. The molecule has 4 heteroatoms. The number of carbonyl (C=O) groups excluding carboxylic acids is 1. The Morgan fingerprint density at radius 2 is 1.59 bits per heavy atom. The number of carbonyl (C=O) groups is 1. The molecule has 0 aromatic heterocycles. The van der Waals surface area contributed by atoms with Crippen LogP contribution in [0.5, 0.6) is 0 Å². The van der Waals surface area contributed by atoms with Crippen molar-refractivity contribution in [3.63, 3.8) is 0 Å². The average molecular weight is 387 g/mol. The van der Waals surface area contributed by atoms with Crippen molar-refractivity contribution in [1.29, 1.82) is 0 Å². The van der Waals surface area contributed by atoms with E-state index in [9.17, 15) is 4.79 Å². The summed E-state index contributed by atoms with van der Waals surface area (Å²) in [6, 6.07) is 8.50. The first kappa shape index (κ1) is 17.8. The Bertz CT molecular complexity index is 694. The fourth-order valence-electron chi connectivity index (χ4n) is 6.76. The third-order valence-electron chi connectivity index (χ3n) is 7.57. The zero-order valence-electron chi connectivity index (χ0n) is 16.2. The van der Waals surface area contributed by atoms with Gasteiger partial charge in [-0.2, -0.15) is 0 Å². The lowest BCUT2D eigenvalue weighted by molar-refractivity contribution is -0.138. The van der Waals surface area contributed by atoms with Crippen molar-refractivity contribution in [2.75, 3.05) is 23.3 Å². The van der Waals surface area contributed by atoms with E-state index in [1.165, 1.54) is 37.8 Å². The monoisotopic (exact) mass is 386 g/mol. The van der Waals surface area contributed by atoms with Gasteiger partial charge in [0, 0.05) is 29.3 Å². The van der Waals surface area contributed by atoms with Gasteiger partial charge in [-0.1, -0.05) is 12.8 Å². The van der Waals surface area contributed by atoms with Crippen LogP contribution in [0.25, 0.3) is 0 Å². The first-order chi connectivity index (χ1) is 13.0. The van der Waals surface area contributed by atoms with Crippen molar-refractivity contribution in [3.8, 4) is 0 Å². The summed E-state index contributed by atoms with van der Waals surface area (Å²) in [7, 11) is 0. The molecule has 1 amide bonds. The molecule has 5 fully saturated rings. The van der Waals surface area contributed by atoms with Crippen molar-refractivity contribution in [2.45, 2.75) is 69.1 Å². The van der Waals surface area contributed by atoms with Gasteiger partial charge in [0.25, 0.3) is 0 Å². The molecule has 0 spiro atoms. The Morgan fingerprint density at radius 3 is 2.19 bits per heavy atom. The highest BCUT2D eigenvalue weighted by atomic mass is 35.5. The molecule has 2 atom stereocenters. The van der Waals surface area contributed by atoms with E-state index in [0.29, 0.717) is 11.8 Å². The molecule has 1 aliphatic heterocycles. The topological polar surface area (TPSA) is 32.3 Å². The number of amides is 1. The van der Waals surface area contributed by atoms with Crippen LogP contribution in [0.15, 0.2) is 24.3 Å². The van der Waals surface area contributed by atoms with Crippen LogP contribution in [-0.2, 0) is 4.79 Å². The largest absolute Gasteiger partial charge is 0.372 e. The number of hydrogen-bond acceptors (Lipinski definition) is 2. The number of halogens is 1. The summed E-state index contributed by atoms with van der Waals surface area (Å²) < 4.78 is 0. The van der Waals surface area contributed by atoms with Crippen molar-refractivity contribution >= 4 is 28.9 Å². The molecule has 1 saturated heterocycles. The summed E-state index contributed by atoms with van der Waals surface area (Å²) in [5, 5.41) is 3.24. The second-order valence-corrected chi connectivity index (χ2v) is 10.6. The number of benzene rings is 1. The number of nitrogens with zero attached hydrogens (tertiary/aromatic N) is 1. The predicted octanol–water partition coefficient (Wildman–Crippen LogP) is 5.58. The molecule has 4 bridgehead atoms. The number of hydrogen-bond donors (Lipinski definition) is 1. The summed E-state index contributed by atoms with van der Waals surface area (Å²) in [6.45, 7) is 2.30. The molecule has 1 aromatic rings. The van der Waals surface area contributed by atoms with Gasteiger partial charge in [-0.15, -0.1) is 11.6 Å². The van der Waals surface area contributed by atoms with Crippen LogP contribution in [0.2, 0.25) is 0 Å². The molecule has 3 nitrogen and oxygen atoms in total. The van der Waals surface area contributed by atoms with Crippen molar-refractivity contribution in [2.24, 2.45) is 17.3 Å². The second kappa shape index (κ2) is 6.69. The van der Waals surface area contributed by atoms with Crippen LogP contribution < -0.4 is 10.2 Å². The minimum atomic E-state index is -0.227. The van der Waals surface area contributed by atoms with Crippen LogP contribution in [0.3, 0.4) is 0 Å². The molecule has 5 aliphatic rings. The van der Waals surface area contributed by atoms with Gasteiger partial charge in [0.05, 0.1) is 5.41 Å². The molecule has 0 radical (unpaired) electrons. The van der Waals surface area contributed by atoms with Gasteiger partial charge in [0.2, 0.25) is 5.91 Å². The Kier molecular flexibility index (Phi) is 4.42. The molecule has 1 aromatic carbocycles. The van der Waals surface area contributed by atoms with Gasteiger partial charge < -0.3 is 10.2 Å². The maximum Gasteiger partial charge on any atom is 0.230 e. The highest BCUT2D eigenvalue weighted by Crippen LogP contribution is 2.64. The van der Waals surface area contributed by atoms with Gasteiger partial charge in [-0.05, 0) is 87.5 Å². The van der Waals surface area contributed by atoms with Crippen LogP contribution in [-0.4, -0.2) is 23.9 Å². The van der Waals surface area contributed by atoms with Crippen LogP contribution in [0, 0.1) is 17.3 Å². The van der Waals surface area contributed by atoms with E-state index in [1.807, 2.05) is 0 Å². The van der Waals surface area contributed by atoms with E-state index >= 15 is 0 Å². The standard InChI is InChI=1S/C23H31ClN2O/c24-23-14-17-11-18(15-23)13-22(12-17,16-23)21(27)25-19-5-7-20(8-6-19)26-9-3-1-2-4-10-26/h5-8,17-18H,1-4,9-16H2,(H,25,27). The molecule has 146 valence electrons. The van der Waals surface area contributed by atoms with Gasteiger partial charge in [-0.25, -0.2) is 0 Å². The number of nitrogens with one attached hydrogen (secondary N) is 1. The molecule has 4 aliphatic carbocycles. The highest BCUT2D eigenvalue weighted by Gasteiger charge is 2.60. The molecule has 1 N–H and O–H groups in total. The molecule has 2 unspecified atom stereocenters. The fourth-order valence-corrected chi connectivity index (χ4v) is 7.46. The number of rotatable bonds is 3. The maximum atomic E-state index is 13.3. The lowest BCUT2D eigenvalue weighted by Gasteiger charge is -2.59. The second-order valence-electron chi connectivity index (χ2n) is 9.79. The Morgan fingerprint density at radius 1 is 0.963 bits per heavy atom. The third-order valence-corrected chi connectivity index (χ3v) is 8.01. The highest BCUT2D eigenvalue weighted by molar-refractivity contribution is 6.24. The SMILES string of the molecule is O=C(Nc1ccc(N2CCCCCC2)cc1)C12CC3CC(CC(Cl)(C3)C1)C2. The fraction of sp³-hybridized carbons (Fsp3) is 0.696. The third kappa shape index (κ3) is 3.37. The van der Waals surface area contributed by atoms with Gasteiger partial charge in [-0.3, -0.25) is 4.79 Å². The zero-order chi connectivity index (χ0) is 18.5. The van der Waals surface area contributed by atoms with E-state index in [1.54, 1.807) is 0 Å². The molecular formula is C23H31ClN2O. The summed E-state index contributed by atoms with van der Waals surface area (Å²) >= 11 is 6.90. The van der Waals surface area contributed by atoms with Crippen LogP contribution >= 0.6 is 11.6 Å². The lowest BCUT2D eigenvalue weighted by atomic mass is 9.49. The number of alkyl halides is 1. The molecule has 27 heavy (non-hydrogen) atoms. The van der Waals surface area contributed by atoms with E-state index in [0.717, 1.165) is 50.9 Å². The Labute approximate surface area is 167 Å². The van der Waals surface area contributed by atoms with Crippen LogP contribution in [0.4, 0.5) is 11.4 Å². The van der Waals surface area contributed by atoms with Gasteiger partial charge >= 0.3 is 0 Å². The van der Waals surface area contributed by atoms with Crippen LogP contribution in [0.1, 0.15) is 64.2 Å². The first-order valence-corrected chi connectivity index (χ1v) is 11.3. The molecular weight excluding hydrogens is 356 g/mol. The summed E-state index contributed by atoms with van der Waals surface area (Å²) in [5.74, 6) is 1.52. The van der Waals surface area contributed by atoms with Crippen molar-refractivity contribution < 1.29 is 4.79 Å². The first-order valence-electron chi connectivity index (χ1n) is 10.9. The van der Waals surface area contributed by atoms with Gasteiger partial charge in [0.1, 0.15) is 0 Å². The minimum absolute atomic E-state index is 0.113. The Hall–Kier alpha value is -1.22. The summed E-state index contributed by atoms with van der Waals surface area (Å²) in [6.07, 6.45) is 11.7. The maximum absolute atomic E-state index is 13.3. The molecule has 6 rings (SSSR count). The quantitative estimate of drug-likeness (QED) is 0.687. The smallest absolute Gasteiger partial charge is 0.230 e. The lowest BCUT2D eigenvalue weighted by Crippen LogP contribution is -2.57. The zero-order valence-corrected chi connectivity index (χ0v) is 16.9. The summed E-state index contributed by atoms with van der Waals surface area (Å²) in [4.78, 5) is 15.6. The summed E-state index contributed by atoms with van der Waals surface area (Å²) in [5.41, 5.74) is 1.98. The van der Waals surface area contributed by atoms with E-state index < -0.39 is 0 Å². The average Bonchev–Trinajstić information content (AvgIpc) is 2.90. The molecule has 4 saturated carbocycles. The van der Waals surface area contributed by atoms with Gasteiger partial charge in [0.15, 0.2) is 0 Å². The van der Waals surface area contributed by atoms with E-state index in [2.05, 4.69) is 34.5 Å². The number of anilines is 2. The Balaban J connectivity index is 1.28. The van der Waals surface area contributed by atoms with E-state index in [-0.39, 0.29) is 16.2 Å². The van der Waals surface area contributed by atoms with Crippen molar-refractivity contribution in [3.05, 3.63) is 24.3 Å². The van der Waals surface area contributed by atoms with Crippen molar-refractivity contribution in [1.82, 2.24) is 0 Å². The minimum Gasteiger partial charge on any atom is -0.372 e. The molecule has 1 heterocycles. The van der Waals surface area contributed by atoms with E-state index in [4.69, 9.17) is 11.6 Å². The predicted molar refractivity (Wildman–Crippen MR) is 111 cm³/mol.